The van der Waals surface area contributed by atoms with Crippen molar-refractivity contribution in [3.8, 4) is 5.75 Å². The average molecular weight is 317 g/mol. The summed E-state index contributed by atoms with van der Waals surface area (Å²) in [6, 6.07) is 14.9. The molecule has 0 saturated heterocycles. The Bertz CT molecular complexity index is 654. The topological polar surface area (TPSA) is 50.7 Å². The zero-order chi connectivity index (χ0) is 15.8. The fourth-order valence-corrected chi connectivity index (χ4v) is 1.94. The summed E-state index contributed by atoms with van der Waals surface area (Å²) in [6.45, 7) is 1.98. The van der Waals surface area contributed by atoms with Gasteiger partial charge in [-0.25, -0.2) is 5.43 Å². The van der Waals surface area contributed by atoms with Gasteiger partial charge in [-0.1, -0.05) is 48.9 Å². The highest BCUT2D eigenvalue weighted by Crippen LogP contribution is 2.16. The number of amides is 1. The molecule has 1 N–H and O–H groups in total. The Labute approximate surface area is 134 Å². The predicted octanol–water partition coefficient (Wildman–Crippen LogP) is 3.43. The van der Waals surface area contributed by atoms with Gasteiger partial charge >= 0.3 is 0 Å². The van der Waals surface area contributed by atoms with E-state index in [-0.39, 0.29) is 12.5 Å². The number of ether oxygens (including phenoxy) is 1. The van der Waals surface area contributed by atoms with Crippen molar-refractivity contribution in [2.24, 2.45) is 5.10 Å². The third-order valence-electron chi connectivity index (χ3n) is 2.96. The molecule has 0 saturated carbocycles. The van der Waals surface area contributed by atoms with Gasteiger partial charge in [0.25, 0.3) is 5.91 Å². The Hall–Kier alpha value is -2.33. The van der Waals surface area contributed by atoms with Gasteiger partial charge in [-0.3, -0.25) is 4.79 Å². The van der Waals surface area contributed by atoms with Gasteiger partial charge in [-0.05, 0) is 35.7 Å². The van der Waals surface area contributed by atoms with Crippen molar-refractivity contribution in [3.05, 3.63) is 64.7 Å². The fourth-order valence-electron chi connectivity index (χ4n) is 1.76. The first kappa shape index (κ1) is 16.0. The minimum atomic E-state index is -0.332. The molecule has 0 aromatic heterocycles. The lowest BCUT2D eigenvalue weighted by Gasteiger charge is -2.05. The van der Waals surface area contributed by atoms with E-state index >= 15 is 0 Å². The average Bonchev–Trinajstić information content (AvgIpc) is 2.54. The number of benzene rings is 2. The van der Waals surface area contributed by atoms with Crippen LogP contribution in [-0.4, -0.2) is 18.7 Å². The highest BCUT2D eigenvalue weighted by atomic mass is 35.5. The lowest BCUT2D eigenvalue weighted by atomic mass is 10.1. The van der Waals surface area contributed by atoms with Crippen LogP contribution in [0.1, 0.15) is 18.1 Å². The monoisotopic (exact) mass is 316 g/mol. The van der Waals surface area contributed by atoms with E-state index in [1.165, 1.54) is 5.56 Å². The Morgan fingerprint density at radius 2 is 2.05 bits per heavy atom. The van der Waals surface area contributed by atoms with E-state index in [0.29, 0.717) is 10.8 Å². The smallest absolute Gasteiger partial charge is 0.277 e. The van der Waals surface area contributed by atoms with Crippen LogP contribution in [0.3, 0.4) is 0 Å². The summed E-state index contributed by atoms with van der Waals surface area (Å²) < 4.78 is 5.31. The van der Waals surface area contributed by atoms with Crippen LogP contribution in [-0.2, 0) is 11.2 Å². The highest BCUT2D eigenvalue weighted by molar-refractivity contribution is 6.30. The van der Waals surface area contributed by atoms with Crippen molar-refractivity contribution in [3.63, 3.8) is 0 Å². The summed E-state index contributed by atoms with van der Waals surface area (Å²) in [6.07, 6.45) is 2.59. The van der Waals surface area contributed by atoms with E-state index in [9.17, 15) is 4.79 Å². The second-order valence-corrected chi connectivity index (χ2v) is 5.07. The van der Waals surface area contributed by atoms with Crippen molar-refractivity contribution >= 4 is 23.7 Å². The number of carbonyl (C=O) groups excluding carboxylic acids is 1. The van der Waals surface area contributed by atoms with Crippen molar-refractivity contribution < 1.29 is 9.53 Å². The number of rotatable bonds is 6. The van der Waals surface area contributed by atoms with Crippen LogP contribution < -0.4 is 10.2 Å². The molecule has 5 heteroatoms. The molecule has 0 spiro atoms. The van der Waals surface area contributed by atoms with E-state index in [4.69, 9.17) is 16.3 Å². The summed E-state index contributed by atoms with van der Waals surface area (Å²) in [5.41, 5.74) is 4.60. The Kier molecular flexibility index (Phi) is 5.98. The Morgan fingerprint density at radius 1 is 1.27 bits per heavy atom. The van der Waals surface area contributed by atoms with Crippen LogP contribution in [0.4, 0.5) is 0 Å². The molecule has 0 unspecified atom stereocenters. The van der Waals surface area contributed by atoms with Crippen LogP contribution in [0.2, 0.25) is 5.02 Å². The summed E-state index contributed by atoms with van der Waals surface area (Å²) in [4.78, 5) is 11.6. The molecule has 0 atom stereocenters. The third-order valence-corrected chi connectivity index (χ3v) is 3.19. The highest BCUT2D eigenvalue weighted by Gasteiger charge is 2.01. The van der Waals surface area contributed by atoms with Crippen LogP contribution in [0.5, 0.6) is 5.75 Å². The number of halogens is 1. The van der Waals surface area contributed by atoms with E-state index in [0.717, 1.165) is 12.0 Å². The maximum Gasteiger partial charge on any atom is 0.277 e. The van der Waals surface area contributed by atoms with Gasteiger partial charge in [-0.2, -0.15) is 5.10 Å². The summed E-state index contributed by atoms with van der Waals surface area (Å²) in [5, 5.41) is 4.46. The Balaban J connectivity index is 1.78. The van der Waals surface area contributed by atoms with Crippen LogP contribution in [0, 0.1) is 0 Å². The number of aryl methyl sites for hydroxylation is 1. The first-order valence-corrected chi connectivity index (χ1v) is 7.34. The van der Waals surface area contributed by atoms with Crippen LogP contribution in [0.25, 0.3) is 0 Å². The lowest BCUT2D eigenvalue weighted by molar-refractivity contribution is -0.123. The summed E-state index contributed by atoms with van der Waals surface area (Å²) in [5.74, 6) is 0.211. The molecular formula is C17H17ClN2O2. The largest absolute Gasteiger partial charge is 0.484 e. The SMILES string of the molecule is CCc1ccc(C=NNC(=O)COc2cccc(Cl)c2)cc1. The van der Waals surface area contributed by atoms with Gasteiger partial charge in [-0.15, -0.1) is 0 Å². The molecule has 1 amide bonds. The number of nitrogens with zero attached hydrogens (tertiary/aromatic N) is 1. The molecule has 0 radical (unpaired) electrons. The van der Waals surface area contributed by atoms with Gasteiger partial charge in [0, 0.05) is 5.02 Å². The normalized spacial score (nSPS) is 10.6. The molecule has 0 bridgehead atoms. The summed E-state index contributed by atoms with van der Waals surface area (Å²) >= 11 is 5.83. The van der Waals surface area contributed by atoms with Gasteiger partial charge in [0.05, 0.1) is 6.21 Å². The first-order valence-electron chi connectivity index (χ1n) is 6.96. The van der Waals surface area contributed by atoms with Crippen LogP contribution >= 0.6 is 11.6 Å². The lowest BCUT2D eigenvalue weighted by Crippen LogP contribution is -2.24. The predicted molar refractivity (Wildman–Crippen MR) is 88.5 cm³/mol. The molecular weight excluding hydrogens is 300 g/mol. The minimum Gasteiger partial charge on any atom is -0.484 e. The molecule has 114 valence electrons. The van der Waals surface area contributed by atoms with Crippen LogP contribution in [0.15, 0.2) is 53.6 Å². The van der Waals surface area contributed by atoms with Crippen molar-refractivity contribution in [1.82, 2.24) is 5.43 Å². The zero-order valence-electron chi connectivity index (χ0n) is 12.3. The number of hydrogen-bond donors (Lipinski definition) is 1. The molecule has 2 rings (SSSR count). The molecule has 2 aromatic carbocycles. The number of nitrogens with one attached hydrogen (secondary N) is 1. The standard InChI is InChI=1S/C17H17ClN2O2/c1-2-13-6-8-14(9-7-13)11-19-20-17(21)12-22-16-5-3-4-15(18)10-16/h3-11H,2,12H2,1H3,(H,20,21). The first-order chi connectivity index (χ1) is 10.7. The van der Waals surface area contributed by atoms with Gasteiger partial charge in [0.2, 0.25) is 0 Å². The van der Waals surface area contributed by atoms with E-state index in [1.807, 2.05) is 24.3 Å². The van der Waals surface area contributed by atoms with Gasteiger partial charge < -0.3 is 4.74 Å². The maximum absolute atomic E-state index is 11.6. The maximum atomic E-state index is 11.6. The summed E-state index contributed by atoms with van der Waals surface area (Å²) in [7, 11) is 0. The molecule has 2 aromatic rings. The van der Waals surface area contributed by atoms with Gasteiger partial charge in [0.1, 0.15) is 5.75 Å². The molecule has 0 aliphatic carbocycles. The molecule has 22 heavy (non-hydrogen) atoms. The third kappa shape index (κ3) is 5.22. The van der Waals surface area contributed by atoms with Gasteiger partial charge in [0.15, 0.2) is 6.61 Å². The van der Waals surface area contributed by atoms with E-state index < -0.39 is 0 Å². The second kappa shape index (κ2) is 8.20. The quantitative estimate of drug-likeness (QED) is 0.655. The number of hydrogen-bond acceptors (Lipinski definition) is 3. The van der Waals surface area contributed by atoms with E-state index in [2.05, 4.69) is 17.5 Å². The second-order valence-electron chi connectivity index (χ2n) is 4.63. The van der Waals surface area contributed by atoms with Crippen molar-refractivity contribution in [2.75, 3.05) is 6.61 Å². The van der Waals surface area contributed by atoms with Crippen molar-refractivity contribution in [1.29, 1.82) is 0 Å². The zero-order valence-corrected chi connectivity index (χ0v) is 13.0. The molecule has 4 nitrogen and oxygen atoms in total. The molecule has 0 fully saturated rings. The minimum absolute atomic E-state index is 0.119. The number of hydrazone groups is 1. The molecule has 0 aliphatic rings. The molecule has 0 aliphatic heterocycles. The number of carbonyl (C=O) groups is 1. The van der Waals surface area contributed by atoms with E-state index in [1.54, 1.807) is 30.5 Å². The Morgan fingerprint density at radius 3 is 2.73 bits per heavy atom. The molecule has 0 heterocycles. The fraction of sp³-hybridized carbons (Fsp3) is 0.176. The van der Waals surface area contributed by atoms with Crippen molar-refractivity contribution in [2.45, 2.75) is 13.3 Å².